The largest absolute Gasteiger partial charge is 0.423 e. The summed E-state index contributed by atoms with van der Waals surface area (Å²) in [5.74, 6) is 0. The van der Waals surface area contributed by atoms with E-state index in [2.05, 4.69) is 4.98 Å². The van der Waals surface area contributed by atoms with Gasteiger partial charge in [-0.3, -0.25) is 0 Å². The van der Waals surface area contributed by atoms with Gasteiger partial charge in [0.05, 0.1) is 22.1 Å². The number of alkyl halides is 3. The molecule has 6 nitrogen and oxygen atoms in total. The quantitative estimate of drug-likeness (QED) is 0.764. The molecule has 1 aromatic heterocycles. The molecule has 3 aromatic rings. The van der Waals surface area contributed by atoms with Crippen LogP contribution in [0.4, 0.5) is 19.2 Å². The maximum Gasteiger partial charge on any atom is 0.417 e. The fourth-order valence-corrected chi connectivity index (χ4v) is 3.30. The Hall–Kier alpha value is -3.06. The Labute approximate surface area is 139 Å². The van der Waals surface area contributed by atoms with Gasteiger partial charge >= 0.3 is 12.2 Å². The first-order valence-electron chi connectivity index (χ1n) is 6.70. The van der Waals surface area contributed by atoms with Crippen LogP contribution in [0.3, 0.4) is 0 Å². The third kappa shape index (κ3) is 3.27. The molecule has 128 valence electrons. The minimum absolute atomic E-state index is 0.126. The number of nitrogens with one attached hydrogen (secondary N) is 1. The van der Waals surface area contributed by atoms with E-state index in [-0.39, 0.29) is 16.7 Å². The van der Waals surface area contributed by atoms with Crippen molar-refractivity contribution in [2.24, 2.45) is 0 Å². The highest BCUT2D eigenvalue weighted by atomic mass is 32.2. The van der Waals surface area contributed by atoms with Crippen LogP contribution in [0.2, 0.25) is 0 Å². The van der Waals surface area contributed by atoms with Crippen LogP contribution in [0.25, 0.3) is 11.1 Å². The third-order valence-electron chi connectivity index (χ3n) is 3.22. The molecule has 3 rings (SSSR count). The number of halogens is 3. The number of fused-ring (bicyclic) bond motifs is 1. The summed E-state index contributed by atoms with van der Waals surface area (Å²) in [5, 5.41) is 8.82. The van der Waals surface area contributed by atoms with Gasteiger partial charge in [-0.15, -0.1) is 0 Å². The van der Waals surface area contributed by atoms with Gasteiger partial charge in [-0.1, -0.05) is 12.1 Å². The van der Waals surface area contributed by atoms with Gasteiger partial charge in [0.15, 0.2) is 5.58 Å². The van der Waals surface area contributed by atoms with E-state index < -0.39 is 32.7 Å². The van der Waals surface area contributed by atoms with E-state index in [1.807, 2.05) is 10.8 Å². The van der Waals surface area contributed by atoms with E-state index in [4.69, 9.17) is 9.68 Å². The van der Waals surface area contributed by atoms with Crippen molar-refractivity contribution >= 4 is 27.1 Å². The van der Waals surface area contributed by atoms with E-state index in [9.17, 15) is 21.6 Å². The van der Waals surface area contributed by atoms with Crippen LogP contribution >= 0.6 is 0 Å². The van der Waals surface area contributed by atoms with E-state index in [0.717, 1.165) is 12.1 Å². The number of hydrogen-bond acceptors (Lipinski definition) is 5. The average Bonchev–Trinajstić information content (AvgIpc) is 2.94. The fraction of sp³-hybridized carbons (Fsp3) is 0.0667. The minimum atomic E-state index is -4.84. The molecular weight excluding hydrogens is 359 g/mol. The standard InChI is InChI=1S/C15H8F3N3O3S/c16-15(17,18)10-3-1-2-4-13(10)25(22,23)21-14-20-11-6-5-9(8-19)7-12(11)24-14/h1-7H,(H,20,21). The Morgan fingerprint density at radius 2 is 1.88 bits per heavy atom. The van der Waals surface area contributed by atoms with Gasteiger partial charge in [-0.05, 0) is 24.3 Å². The normalized spacial score (nSPS) is 12.1. The number of aromatic nitrogens is 1. The molecule has 0 atom stereocenters. The summed E-state index contributed by atoms with van der Waals surface area (Å²) < 4.78 is 70.7. The van der Waals surface area contributed by atoms with Crippen molar-refractivity contribution in [2.75, 3.05) is 4.72 Å². The van der Waals surface area contributed by atoms with Gasteiger partial charge < -0.3 is 4.42 Å². The molecule has 10 heteroatoms. The lowest BCUT2D eigenvalue weighted by Crippen LogP contribution is -2.19. The number of sulfonamides is 1. The smallest absolute Gasteiger partial charge is 0.417 e. The summed E-state index contributed by atoms with van der Waals surface area (Å²) in [4.78, 5) is 2.90. The first kappa shape index (κ1) is 16.8. The van der Waals surface area contributed by atoms with Crippen molar-refractivity contribution < 1.29 is 26.0 Å². The van der Waals surface area contributed by atoms with Crippen LogP contribution in [-0.2, 0) is 16.2 Å². The van der Waals surface area contributed by atoms with Gasteiger partial charge in [-0.25, -0.2) is 13.1 Å². The maximum atomic E-state index is 13.0. The minimum Gasteiger partial charge on any atom is -0.423 e. The third-order valence-corrected chi connectivity index (χ3v) is 4.60. The molecule has 0 radical (unpaired) electrons. The second kappa shape index (κ2) is 5.78. The summed E-state index contributed by atoms with van der Waals surface area (Å²) >= 11 is 0. The van der Waals surface area contributed by atoms with Crippen molar-refractivity contribution in [2.45, 2.75) is 11.1 Å². The Bertz CT molecular complexity index is 1100. The van der Waals surface area contributed by atoms with Crippen LogP contribution in [-0.4, -0.2) is 13.4 Å². The van der Waals surface area contributed by atoms with Crippen LogP contribution in [0.15, 0.2) is 51.8 Å². The lowest BCUT2D eigenvalue weighted by atomic mass is 10.2. The number of anilines is 1. The summed E-state index contributed by atoms with van der Waals surface area (Å²) in [6.07, 6.45) is -4.84. The van der Waals surface area contributed by atoms with Gasteiger partial charge in [0, 0.05) is 6.07 Å². The summed E-state index contributed by atoms with van der Waals surface area (Å²) in [6, 6.07) is 9.36. The van der Waals surface area contributed by atoms with E-state index in [1.165, 1.54) is 24.3 Å². The van der Waals surface area contributed by atoms with E-state index >= 15 is 0 Å². The Balaban J connectivity index is 2.02. The Kier molecular flexibility index (Phi) is 3.88. The first-order valence-corrected chi connectivity index (χ1v) is 8.19. The number of nitriles is 1. The van der Waals surface area contributed by atoms with Gasteiger partial charge in [0.1, 0.15) is 5.52 Å². The molecule has 0 fully saturated rings. The highest BCUT2D eigenvalue weighted by Crippen LogP contribution is 2.34. The lowest BCUT2D eigenvalue weighted by Gasteiger charge is -2.12. The maximum absolute atomic E-state index is 13.0. The molecule has 0 unspecified atom stereocenters. The molecule has 2 aromatic carbocycles. The van der Waals surface area contributed by atoms with Crippen LogP contribution in [0.5, 0.6) is 0 Å². The van der Waals surface area contributed by atoms with Gasteiger partial charge in [0.2, 0.25) is 0 Å². The number of oxazole rings is 1. The molecule has 0 saturated heterocycles. The second-order valence-electron chi connectivity index (χ2n) is 4.91. The number of benzene rings is 2. The molecule has 0 aliphatic rings. The highest BCUT2D eigenvalue weighted by Gasteiger charge is 2.37. The topological polar surface area (TPSA) is 96.0 Å². The summed E-state index contributed by atoms with van der Waals surface area (Å²) in [5.41, 5.74) is -0.660. The predicted octanol–water partition coefficient (Wildman–Crippen LogP) is 3.52. The van der Waals surface area contributed by atoms with Crippen molar-refractivity contribution in [3.05, 3.63) is 53.6 Å². The van der Waals surface area contributed by atoms with Crippen molar-refractivity contribution in [3.63, 3.8) is 0 Å². The zero-order valence-corrected chi connectivity index (χ0v) is 13.0. The number of nitrogens with zero attached hydrogens (tertiary/aromatic N) is 2. The predicted molar refractivity (Wildman–Crippen MR) is 81.0 cm³/mol. The molecule has 1 heterocycles. The van der Waals surface area contributed by atoms with Gasteiger partial charge in [-0.2, -0.15) is 23.4 Å². The molecule has 0 aliphatic carbocycles. The van der Waals surface area contributed by atoms with Crippen LogP contribution in [0, 0.1) is 11.3 Å². The zero-order valence-electron chi connectivity index (χ0n) is 12.2. The number of hydrogen-bond donors (Lipinski definition) is 1. The van der Waals surface area contributed by atoms with Gasteiger partial charge in [0.25, 0.3) is 10.0 Å². The zero-order chi connectivity index (χ0) is 18.2. The van der Waals surface area contributed by atoms with Crippen molar-refractivity contribution in [1.82, 2.24) is 4.98 Å². The van der Waals surface area contributed by atoms with E-state index in [0.29, 0.717) is 6.07 Å². The fourth-order valence-electron chi connectivity index (χ4n) is 2.14. The molecule has 25 heavy (non-hydrogen) atoms. The number of rotatable bonds is 3. The molecule has 1 N–H and O–H groups in total. The summed E-state index contributed by atoms with van der Waals surface area (Å²) in [7, 11) is -4.58. The molecule has 0 bridgehead atoms. The Morgan fingerprint density at radius 1 is 1.16 bits per heavy atom. The summed E-state index contributed by atoms with van der Waals surface area (Å²) in [6.45, 7) is 0. The monoisotopic (exact) mass is 367 g/mol. The highest BCUT2D eigenvalue weighted by molar-refractivity contribution is 7.92. The molecule has 0 saturated carbocycles. The van der Waals surface area contributed by atoms with Crippen LogP contribution < -0.4 is 4.72 Å². The molecular formula is C15H8F3N3O3S. The second-order valence-corrected chi connectivity index (χ2v) is 6.56. The first-order chi connectivity index (χ1) is 11.7. The molecule has 0 amide bonds. The molecule has 0 spiro atoms. The van der Waals surface area contributed by atoms with Crippen LogP contribution in [0.1, 0.15) is 11.1 Å². The SMILES string of the molecule is N#Cc1ccc2nc(NS(=O)(=O)c3ccccc3C(F)(F)F)oc2c1. The molecule has 0 aliphatic heterocycles. The Morgan fingerprint density at radius 3 is 2.56 bits per heavy atom. The van der Waals surface area contributed by atoms with Crippen molar-refractivity contribution in [1.29, 1.82) is 5.26 Å². The average molecular weight is 367 g/mol. The lowest BCUT2D eigenvalue weighted by molar-refractivity contribution is -0.139. The van der Waals surface area contributed by atoms with Crippen molar-refractivity contribution in [3.8, 4) is 6.07 Å². The van der Waals surface area contributed by atoms with E-state index in [1.54, 1.807) is 0 Å².